The Bertz CT molecular complexity index is 471. The molecular weight excluding hydrogens is 280 g/mol. The molecule has 1 heterocycles. The maximum Gasteiger partial charge on any atom is 0.328 e. The second-order valence-corrected chi connectivity index (χ2v) is 7.84. The van der Waals surface area contributed by atoms with Gasteiger partial charge in [-0.15, -0.1) is 0 Å². The number of esters is 1. The number of fused-ring (bicyclic) bond motifs is 1. The lowest BCUT2D eigenvalue weighted by molar-refractivity contribution is -0.154. The van der Waals surface area contributed by atoms with E-state index in [1.54, 1.807) is 4.90 Å². The van der Waals surface area contributed by atoms with E-state index in [-0.39, 0.29) is 29.1 Å². The van der Waals surface area contributed by atoms with Crippen LogP contribution in [0.15, 0.2) is 0 Å². The fraction of sp³-hybridized carbons (Fsp3) is 0.882. The second-order valence-electron chi connectivity index (χ2n) is 7.84. The molecule has 3 rings (SSSR count). The Hall–Kier alpha value is -1.10. The van der Waals surface area contributed by atoms with Crippen LogP contribution in [0.25, 0.3) is 0 Å². The highest BCUT2D eigenvalue weighted by Gasteiger charge is 2.70. The molecule has 0 aromatic rings. The van der Waals surface area contributed by atoms with E-state index in [4.69, 9.17) is 10.5 Å². The average Bonchev–Trinajstić information content (AvgIpc) is 2.90. The predicted molar refractivity (Wildman–Crippen MR) is 82.8 cm³/mol. The molecular formula is C17H28N2O3. The molecule has 0 radical (unpaired) electrons. The molecule has 2 N–H and O–H groups in total. The van der Waals surface area contributed by atoms with Crippen LogP contribution in [0, 0.1) is 23.2 Å². The monoisotopic (exact) mass is 308 g/mol. The number of hydrogen-bond donors (Lipinski definition) is 1. The minimum absolute atomic E-state index is 0.0506. The van der Waals surface area contributed by atoms with Gasteiger partial charge in [-0.3, -0.25) is 4.79 Å². The molecule has 1 saturated heterocycles. The van der Waals surface area contributed by atoms with Crippen molar-refractivity contribution in [3.05, 3.63) is 0 Å². The van der Waals surface area contributed by atoms with Gasteiger partial charge in [0, 0.05) is 12.5 Å². The zero-order valence-electron chi connectivity index (χ0n) is 13.9. The highest BCUT2D eigenvalue weighted by atomic mass is 16.5. The van der Waals surface area contributed by atoms with Gasteiger partial charge < -0.3 is 15.4 Å². The summed E-state index contributed by atoms with van der Waals surface area (Å²) in [6.45, 7) is 4.99. The van der Waals surface area contributed by atoms with Gasteiger partial charge in [0.05, 0.1) is 13.2 Å². The van der Waals surface area contributed by atoms with Crippen molar-refractivity contribution in [3.63, 3.8) is 0 Å². The Balaban J connectivity index is 1.73. The van der Waals surface area contributed by atoms with E-state index in [2.05, 4.69) is 13.8 Å². The lowest BCUT2D eigenvalue weighted by atomic mass is 9.83. The Kier molecular flexibility index (Phi) is 3.96. The van der Waals surface area contributed by atoms with Crippen molar-refractivity contribution in [2.75, 3.05) is 13.7 Å². The molecule has 0 aromatic carbocycles. The number of rotatable bonds is 3. The Morgan fingerprint density at radius 3 is 2.45 bits per heavy atom. The number of carbonyl (C=O) groups is 2. The minimum Gasteiger partial charge on any atom is -0.467 e. The first-order valence-electron chi connectivity index (χ1n) is 8.53. The van der Waals surface area contributed by atoms with E-state index in [9.17, 15) is 9.59 Å². The number of ether oxygens (including phenoxy) is 1. The molecule has 0 spiro atoms. The third-order valence-electron chi connectivity index (χ3n) is 6.38. The van der Waals surface area contributed by atoms with E-state index in [0.29, 0.717) is 12.5 Å². The first kappa shape index (κ1) is 15.8. The molecule has 22 heavy (non-hydrogen) atoms. The summed E-state index contributed by atoms with van der Waals surface area (Å²) in [5.41, 5.74) is 6.39. The van der Waals surface area contributed by atoms with Gasteiger partial charge in [-0.05, 0) is 30.1 Å². The van der Waals surface area contributed by atoms with E-state index < -0.39 is 12.1 Å². The summed E-state index contributed by atoms with van der Waals surface area (Å²) in [4.78, 5) is 26.8. The van der Waals surface area contributed by atoms with Crippen LogP contribution in [0.4, 0.5) is 0 Å². The molecule has 2 saturated carbocycles. The quantitative estimate of drug-likeness (QED) is 0.803. The molecule has 2 aliphatic carbocycles. The normalized spacial score (nSPS) is 34.9. The Morgan fingerprint density at radius 1 is 1.23 bits per heavy atom. The number of carbonyl (C=O) groups excluding carboxylic acids is 2. The third-order valence-corrected chi connectivity index (χ3v) is 6.38. The average molecular weight is 308 g/mol. The zero-order chi connectivity index (χ0) is 16.1. The summed E-state index contributed by atoms with van der Waals surface area (Å²) >= 11 is 0. The molecule has 0 bridgehead atoms. The lowest BCUT2D eigenvalue weighted by Gasteiger charge is -2.34. The van der Waals surface area contributed by atoms with Crippen LogP contribution < -0.4 is 5.73 Å². The first-order chi connectivity index (χ1) is 10.4. The van der Waals surface area contributed by atoms with Gasteiger partial charge in [0.2, 0.25) is 5.91 Å². The fourth-order valence-corrected chi connectivity index (χ4v) is 4.79. The van der Waals surface area contributed by atoms with Crippen molar-refractivity contribution in [1.29, 1.82) is 0 Å². The van der Waals surface area contributed by atoms with Crippen molar-refractivity contribution < 1.29 is 14.3 Å². The molecule has 5 heteroatoms. The largest absolute Gasteiger partial charge is 0.467 e. The summed E-state index contributed by atoms with van der Waals surface area (Å²) in [7, 11) is 1.40. The van der Waals surface area contributed by atoms with Gasteiger partial charge in [-0.2, -0.15) is 0 Å². The number of nitrogens with zero attached hydrogens (tertiary/aromatic N) is 1. The number of likely N-dealkylation sites (tertiary alicyclic amines) is 1. The minimum atomic E-state index is -0.465. The maximum atomic E-state index is 12.8. The van der Waals surface area contributed by atoms with Crippen molar-refractivity contribution >= 4 is 11.9 Å². The van der Waals surface area contributed by atoms with Crippen LogP contribution in [0.1, 0.15) is 46.0 Å². The number of nitrogens with two attached hydrogens (primary N) is 1. The topological polar surface area (TPSA) is 72.6 Å². The van der Waals surface area contributed by atoms with Crippen molar-refractivity contribution in [2.24, 2.45) is 28.9 Å². The third kappa shape index (κ3) is 2.34. The van der Waals surface area contributed by atoms with E-state index in [1.165, 1.54) is 13.5 Å². The van der Waals surface area contributed by atoms with Gasteiger partial charge in [-0.25, -0.2) is 4.79 Å². The molecule has 1 aliphatic heterocycles. The predicted octanol–water partition coefficient (Wildman–Crippen LogP) is 1.55. The first-order valence-corrected chi connectivity index (χ1v) is 8.53. The molecule has 4 atom stereocenters. The standard InChI is InChI=1S/C17H28N2O3/c1-17(2)11-9-19(14(12(11)17)16(21)22-3)15(20)13(18)10-7-5-4-6-8-10/h10-14H,4-9,18H2,1-3H3/t11-,12-,13-,14-/m0/s1. The number of hydrogen-bond acceptors (Lipinski definition) is 4. The van der Waals surface area contributed by atoms with E-state index in [0.717, 1.165) is 25.7 Å². The molecule has 0 unspecified atom stereocenters. The smallest absolute Gasteiger partial charge is 0.328 e. The van der Waals surface area contributed by atoms with Crippen LogP contribution >= 0.6 is 0 Å². The summed E-state index contributed by atoms with van der Waals surface area (Å²) in [6, 6.07) is -0.903. The molecule has 1 amide bonds. The van der Waals surface area contributed by atoms with Crippen molar-refractivity contribution in [1.82, 2.24) is 4.90 Å². The van der Waals surface area contributed by atoms with Gasteiger partial charge in [0.1, 0.15) is 6.04 Å². The van der Waals surface area contributed by atoms with Crippen molar-refractivity contribution in [2.45, 2.75) is 58.0 Å². The molecule has 124 valence electrons. The number of amides is 1. The summed E-state index contributed by atoms with van der Waals surface area (Å²) < 4.78 is 4.96. The maximum absolute atomic E-state index is 12.8. The molecule has 0 aromatic heterocycles. The van der Waals surface area contributed by atoms with Gasteiger partial charge in [0.15, 0.2) is 0 Å². The van der Waals surface area contributed by atoms with Crippen LogP contribution in [0.5, 0.6) is 0 Å². The zero-order valence-corrected chi connectivity index (χ0v) is 13.9. The summed E-state index contributed by atoms with van der Waals surface area (Å²) in [5, 5.41) is 0. The Morgan fingerprint density at radius 2 is 1.86 bits per heavy atom. The highest BCUT2D eigenvalue weighted by molar-refractivity contribution is 5.89. The van der Waals surface area contributed by atoms with Gasteiger partial charge in [0.25, 0.3) is 0 Å². The molecule has 3 aliphatic rings. The van der Waals surface area contributed by atoms with Gasteiger partial charge >= 0.3 is 5.97 Å². The number of piperidine rings is 1. The van der Waals surface area contributed by atoms with Crippen LogP contribution in [0.2, 0.25) is 0 Å². The highest BCUT2D eigenvalue weighted by Crippen LogP contribution is 2.65. The summed E-state index contributed by atoms with van der Waals surface area (Å²) in [5.74, 6) is 0.554. The second kappa shape index (κ2) is 5.52. The van der Waals surface area contributed by atoms with Crippen LogP contribution in [0.3, 0.4) is 0 Å². The van der Waals surface area contributed by atoms with Crippen LogP contribution in [-0.2, 0) is 14.3 Å². The lowest BCUT2D eigenvalue weighted by Crippen LogP contribution is -2.54. The molecule has 3 fully saturated rings. The fourth-order valence-electron chi connectivity index (χ4n) is 4.79. The van der Waals surface area contributed by atoms with E-state index >= 15 is 0 Å². The Labute approximate surface area is 132 Å². The van der Waals surface area contributed by atoms with Crippen molar-refractivity contribution in [3.8, 4) is 0 Å². The van der Waals surface area contributed by atoms with E-state index in [1.807, 2.05) is 0 Å². The summed E-state index contributed by atoms with van der Waals surface area (Å²) in [6.07, 6.45) is 5.61. The van der Waals surface area contributed by atoms with Gasteiger partial charge in [-0.1, -0.05) is 33.1 Å². The number of methoxy groups -OCH3 is 1. The molecule has 5 nitrogen and oxygen atoms in total. The van der Waals surface area contributed by atoms with Crippen LogP contribution in [-0.4, -0.2) is 42.5 Å². The SMILES string of the molecule is COC(=O)[C@@H]1[C@@H]2[C@H](CN1C(=O)[C@@H](N)C1CCCCC1)C2(C)C.